The highest BCUT2D eigenvalue weighted by molar-refractivity contribution is 7.89. The molecule has 1 amide bonds. The van der Waals surface area contributed by atoms with Crippen LogP contribution in [0.5, 0.6) is 5.75 Å². The van der Waals surface area contributed by atoms with Crippen LogP contribution in [0.3, 0.4) is 0 Å². The van der Waals surface area contributed by atoms with Gasteiger partial charge >= 0.3 is 0 Å². The van der Waals surface area contributed by atoms with Gasteiger partial charge in [0, 0.05) is 25.8 Å². The molecule has 0 spiro atoms. The Morgan fingerprint density at radius 2 is 1.83 bits per heavy atom. The fraction of sp³-hybridized carbons (Fsp3) is 0.381. The zero-order valence-electron chi connectivity index (χ0n) is 16.5. The number of ether oxygens (including phenoxy) is 1. The molecule has 0 bridgehead atoms. The summed E-state index contributed by atoms with van der Waals surface area (Å²) in [6.07, 6.45) is 1.21. The first-order valence-electron chi connectivity index (χ1n) is 9.59. The molecule has 1 aliphatic heterocycles. The third-order valence-electron chi connectivity index (χ3n) is 5.05. The van der Waals surface area contributed by atoms with Crippen molar-refractivity contribution < 1.29 is 22.3 Å². The number of amides is 1. The fourth-order valence-electron chi connectivity index (χ4n) is 3.45. The molecule has 0 N–H and O–H groups in total. The van der Waals surface area contributed by atoms with E-state index in [-0.39, 0.29) is 23.2 Å². The van der Waals surface area contributed by atoms with E-state index in [9.17, 15) is 17.6 Å². The molecule has 2 aromatic carbocycles. The smallest absolute Gasteiger partial charge is 0.243 e. The third kappa shape index (κ3) is 4.76. The summed E-state index contributed by atoms with van der Waals surface area (Å²) in [5.41, 5.74) is 0.572. The normalized spacial score (nSPS) is 17.7. The first kappa shape index (κ1) is 21.3. The van der Waals surface area contributed by atoms with Crippen LogP contribution >= 0.6 is 0 Å². The molecule has 1 aliphatic rings. The number of anilines is 1. The summed E-state index contributed by atoms with van der Waals surface area (Å²) in [7, 11) is -2.08. The van der Waals surface area contributed by atoms with Gasteiger partial charge in [0.1, 0.15) is 11.6 Å². The second kappa shape index (κ2) is 8.92. The summed E-state index contributed by atoms with van der Waals surface area (Å²) in [6, 6.07) is 12.0. The average Bonchev–Trinajstić information content (AvgIpc) is 2.74. The fourth-order valence-corrected chi connectivity index (χ4v) is 4.98. The van der Waals surface area contributed by atoms with Crippen LogP contribution in [0.2, 0.25) is 0 Å². The quantitative estimate of drug-likeness (QED) is 0.719. The van der Waals surface area contributed by atoms with E-state index in [1.165, 1.54) is 45.6 Å². The van der Waals surface area contributed by atoms with Crippen molar-refractivity contribution in [3.8, 4) is 5.75 Å². The van der Waals surface area contributed by atoms with Crippen molar-refractivity contribution in [3.05, 3.63) is 54.3 Å². The molecule has 29 heavy (non-hydrogen) atoms. The van der Waals surface area contributed by atoms with Crippen LogP contribution in [0.25, 0.3) is 0 Å². The van der Waals surface area contributed by atoms with Crippen LogP contribution in [0, 0.1) is 11.7 Å². The molecule has 3 rings (SSSR count). The second-order valence-electron chi connectivity index (χ2n) is 6.98. The van der Waals surface area contributed by atoms with Gasteiger partial charge in [-0.05, 0) is 68.3 Å². The molecule has 0 radical (unpaired) electrons. The molecule has 0 aromatic heterocycles. The highest BCUT2D eigenvalue weighted by Gasteiger charge is 2.34. The summed E-state index contributed by atoms with van der Waals surface area (Å²) in [6.45, 7) is 2.86. The maximum Gasteiger partial charge on any atom is 0.243 e. The molecule has 0 aliphatic carbocycles. The summed E-state index contributed by atoms with van der Waals surface area (Å²) in [5.74, 6) is -0.390. The van der Waals surface area contributed by atoms with Gasteiger partial charge in [-0.15, -0.1) is 0 Å². The van der Waals surface area contributed by atoms with Gasteiger partial charge in [0.15, 0.2) is 0 Å². The maximum atomic E-state index is 13.1. The molecule has 1 saturated heterocycles. The van der Waals surface area contributed by atoms with Crippen LogP contribution in [0.4, 0.5) is 10.1 Å². The minimum absolute atomic E-state index is 0.125. The molecule has 0 unspecified atom stereocenters. The SMILES string of the molecule is CCOc1ccc(S(=O)(=O)N2CCC[C@@H](C(=O)N(C)c3ccc(F)cc3)C2)cc1. The second-order valence-corrected chi connectivity index (χ2v) is 8.92. The van der Waals surface area contributed by atoms with Crippen molar-refractivity contribution in [1.29, 1.82) is 0 Å². The Kier molecular flexibility index (Phi) is 6.54. The number of piperidine rings is 1. The highest BCUT2D eigenvalue weighted by Crippen LogP contribution is 2.27. The molecule has 8 heteroatoms. The predicted molar refractivity (Wildman–Crippen MR) is 109 cm³/mol. The Balaban J connectivity index is 1.73. The standard InChI is InChI=1S/C21H25FN2O4S/c1-3-28-19-10-12-20(13-11-19)29(26,27)24-14-4-5-16(15-24)21(25)23(2)18-8-6-17(22)7-9-18/h6-13,16H,3-5,14-15H2,1-2H3/t16-/m1/s1. The molecular weight excluding hydrogens is 395 g/mol. The van der Waals surface area contributed by atoms with Crippen molar-refractivity contribution in [1.82, 2.24) is 4.31 Å². The van der Waals surface area contributed by atoms with Crippen LogP contribution in [-0.2, 0) is 14.8 Å². The van der Waals surface area contributed by atoms with Gasteiger partial charge in [-0.25, -0.2) is 12.8 Å². The van der Waals surface area contributed by atoms with E-state index < -0.39 is 15.9 Å². The van der Waals surface area contributed by atoms with Crippen molar-refractivity contribution in [3.63, 3.8) is 0 Å². The van der Waals surface area contributed by atoms with Gasteiger partial charge in [-0.3, -0.25) is 4.79 Å². The van der Waals surface area contributed by atoms with Crippen molar-refractivity contribution in [2.45, 2.75) is 24.7 Å². The van der Waals surface area contributed by atoms with E-state index in [4.69, 9.17) is 4.74 Å². The summed E-state index contributed by atoms with van der Waals surface area (Å²) >= 11 is 0. The number of nitrogens with zero attached hydrogens (tertiary/aromatic N) is 2. The largest absolute Gasteiger partial charge is 0.494 e. The molecule has 1 heterocycles. The van der Waals surface area contributed by atoms with Crippen molar-refractivity contribution >= 4 is 21.6 Å². The lowest BCUT2D eigenvalue weighted by atomic mass is 9.98. The Labute approximate surface area is 170 Å². The molecule has 6 nitrogen and oxygen atoms in total. The van der Waals surface area contributed by atoms with Gasteiger partial charge in [0.05, 0.1) is 17.4 Å². The number of carbonyl (C=O) groups is 1. The summed E-state index contributed by atoms with van der Waals surface area (Å²) in [5, 5.41) is 0. The molecule has 156 valence electrons. The minimum Gasteiger partial charge on any atom is -0.494 e. The number of rotatable bonds is 6. The maximum absolute atomic E-state index is 13.1. The number of benzene rings is 2. The number of hydrogen-bond acceptors (Lipinski definition) is 4. The van der Waals surface area contributed by atoms with E-state index in [2.05, 4.69) is 0 Å². The molecule has 1 fully saturated rings. The first-order valence-corrected chi connectivity index (χ1v) is 11.0. The average molecular weight is 421 g/mol. The zero-order chi connectivity index (χ0) is 21.0. The molecule has 1 atom stereocenters. The number of sulfonamides is 1. The topological polar surface area (TPSA) is 66.9 Å². The van der Waals surface area contributed by atoms with Crippen LogP contribution in [0.1, 0.15) is 19.8 Å². The van der Waals surface area contributed by atoms with Gasteiger partial charge in [0.2, 0.25) is 15.9 Å². The molecular formula is C21H25FN2O4S. The van der Waals surface area contributed by atoms with E-state index in [0.717, 1.165) is 0 Å². The van der Waals surface area contributed by atoms with Crippen molar-refractivity contribution in [2.75, 3.05) is 31.6 Å². The number of carbonyl (C=O) groups excluding carboxylic acids is 1. The highest BCUT2D eigenvalue weighted by atomic mass is 32.2. The summed E-state index contributed by atoms with van der Waals surface area (Å²) in [4.78, 5) is 14.5. The van der Waals surface area contributed by atoms with Gasteiger partial charge in [-0.2, -0.15) is 4.31 Å². The monoisotopic (exact) mass is 420 g/mol. The van der Waals surface area contributed by atoms with Gasteiger partial charge in [-0.1, -0.05) is 0 Å². The Hall–Kier alpha value is -2.45. The van der Waals surface area contributed by atoms with E-state index in [0.29, 0.717) is 37.4 Å². The zero-order valence-corrected chi connectivity index (χ0v) is 17.4. The lowest BCUT2D eigenvalue weighted by Gasteiger charge is -2.33. The first-order chi connectivity index (χ1) is 13.8. The predicted octanol–water partition coefficient (Wildman–Crippen LogP) is 3.29. The lowest BCUT2D eigenvalue weighted by Crippen LogP contribution is -2.45. The lowest BCUT2D eigenvalue weighted by molar-refractivity contribution is -0.123. The Morgan fingerprint density at radius 3 is 2.45 bits per heavy atom. The third-order valence-corrected chi connectivity index (χ3v) is 6.93. The van der Waals surface area contributed by atoms with E-state index in [1.54, 1.807) is 19.2 Å². The summed E-state index contributed by atoms with van der Waals surface area (Å²) < 4.78 is 45.9. The molecule has 2 aromatic rings. The van der Waals surface area contributed by atoms with E-state index >= 15 is 0 Å². The van der Waals surface area contributed by atoms with Crippen LogP contribution in [0.15, 0.2) is 53.4 Å². The van der Waals surface area contributed by atoms with Crippen LogP contribution in [-0.4, -0.2) is 45.4 Å². The number of hydrogen-bond donors (Lipinski definition) is 0. The molecule has 0 saturated carbocycles. The van der Waals surface area contributed by atoms with Crippen molar-refractivity contribution in [2.24, 2.45) is 5.92 Å². The van der Waals surface area contributed by atoms with E-state index in [1.807, 2.05) is 6.92 Å². The van der Waals surface area contributed by atoms with Crippen LogP contribution < -0.4 is 9.64 Å². The van der Waals surface area contributed by atoms with Gasteiger partial charge in [0.25, 0.3) is 0 Å². The van der Waals surface area contributed by atoms with Gasteiger partial charge < -0.3 is 9.64 Å². The minimum atomic E-state index is -3.70. The number of halogens is 1. The Morgan fingerprint density at radius 1 is 1.17 bits per heavy atom. The Bertz CT molecular complexity index is 946.